The third-order valence-corrected chi connectivity index (χ3v) is 4.72. The highest BCUT2D eigenvalue weighted by Crippen LogP contribution is 2.13. The fraction of sp³-hybridized carbons (Fsp3) is 0.444. The molecule has 2 rings (SSSR count). The molecular formula is C18H25F2IN4S. The Morgan fingerprint density at radius 2 is 1.85 bits per heavy atom. The maximum absolute atomic E-state index is 13.2. The lowest BCUT2D eigenvalue weighted by Crippen LogP contribution is -2.38. The molecule has 0 bridgehead atoms. The molecule has 0 unspecified atom stereocenters. The minimum Gasteiger partial charge on any atom is -0.357 e. The van der Waals surface area contributed by atoms with Gasteiger partial charge in [0, 0.05) is 43.2 Å². The Kier molecular flexibility index (Phi) is 10.6. The van der Waals surface area contributed by atoms with Crippen LogP contribution in [0.3, 0.4) is 0 Å². The van der Waals surface area contributed by atoms with E-state index in [1.165, 1.54) is 17.0 Å². The molecule has 1 heterocycles. The predicted molar refractivity (Wildman–Crippen MR) is 115 cm³/mol. The molecule has 0 spiro atoms. The van der Waals surface area contributed by atoms with Crippen LogP contribution in [0.5, 0.6) is 0 Å². The van der Waals surface area contributed by atoms with E-state index in [0.29, 0.717) is 31.0 Å². The summed E-state index contributed by atoms with van der Waals surface area (Å²) in [5.41, 5.74) is 0.621. The van der Waals surface area contributed by atoms with Crippen molar-refractivity contribution in [2.24, 2.45) is 4.99 Å². The van der Waals surface area contributed by atoms with Gasteiger partial charge in [0.05, 0.1) is 5.01 Å². The van der Waals surface area contributed by atoms with E-state index in [9.17, 15) is 8.78 Å². The van der Waals surface area contributed by atoms with Crippen molar-refractivity contribution in [3.05, 3.63) is 51.5 Å². The van der Waals surface area contributed by atoms with Crippen LogP contribution in [0, 0.1) is 11.6 Å². The molecule has 8 heteroatoms. The van der Waals surface area contributed by atoms with Gasteiger partial charge in [0.15, 0.2) is 5.96 Å². The highest BCUT2D eigenvalue weighted by molar-refractivity contribution is 14.0. The summed E-state index contributed by atoms with van der Waals surface area (Å²) >= 11 is 1.72. The fourth-order valence-corrected chi connectivity index (χ4v) is 3.16. The van der Waals surface area contributed by atoms with Gasteiger partial charge in [-0.05, 0) is 37.5 Å². The average molecular weight is 494 g/mol. The maximum Gasteiger partial charge on any atom is 0.191 e. The third kappa shape index (κ3) is 7.94. The van der Waals surface area contributed by atoms with E-state index in [0.717, 1.165) is 30.5 Å². The SMILES string of the molecule is CCNC(=NCCc1ncc(CC)s1)NCCc1cc(F)cc(F)c1.I. The molecule has 1 aromatic carbocycles. The molecule has 0 aliphatic carbocycles. The minimum atomic E-state index is -0.550. The number of hydrogen-bond donors (Lipinski definition) is 2. The molecule has 144 valence electrons. The topological polar surface area (TPSA) is 49.3 Å². The van der Waals surface area contributed by atoms with E-state index >= 15 is 0 Å². The Labute approximate surface area is 174 Å². The van der Waals surface area contributed by atoms with Crippen molar-refractivity contribution < 1.29 is 8.78 Å². The Morgan fingerprint density at radius 3 is 2.46 bits per heavy atom. The number of nitrogens with zero attached hydrogens (tertiary/aromatic N) is 2. The lowest BCUT2D eigenvalue weighted by Gasteiger charge is -2.11. The molecule has 2 aromatic rings. The number of thiazole rings is 1. The number of benzene rings is 1. The second kappa shape index (κ2) is 12.2. The van der Waals surface area contributed by atoms with Crippen molar-refractivity contribution in [1.82, 2.24) is 15.6 Å². The van der Waals surface area contributed by atoms with Gasteiger partial charge in [-0.1, -0.05) is 6.92 Å². The van der Waals surface area contributed by atoms with Crippen LogP contribution in [-0.4, -0.2) is 30.6 Å². The number of hydrogen-bond acceptors (Lipinski definition) is 3. The van der Waals surface area contributed by atoms with Crippen molar-refractivity contribution in [3.63, 3.8) is 0 Å². The van der Waals surface area contributed by atoms with E-state index in [2.05, 4.69) is 27.5 Å². The number of halogens is 3. The molecule has 0 aliphatic heterocycles. The van der Waals surface area contributed by atoms with E-state index in [1.54, 1.807) is 11.3 Å². The van der Waals surface area contributed by atoms with Gasteiger partial charge in [0.25, 0.3) is 0 Å². The standard InChI is InChI=1S/C18H24F2N4S.HI/c1-3-16-12-24-17(25-16)6-8-23-18(21-4-2)22-7-5-13-9-14(19)11-15(20)10-13;/h9-12H,3-8H2,1-2H3,(H2,21,22,23);1H. The molecule has 0 atom stereocenters. The van der Waals surface area contributed by atoms with Crippen LogP contribution in [0.25, 0.3) is 0 Å². The lowest BCUT2D eigenvalue weighted by molar-refractivity contribution is 0.579. The van der Waals surface area contributed by atoms with E-state index in [-0.39, 0.29) is 24.0 Å². The van der Waals surface area contributed by atoms with Crippen molar-refractivity contribution in [3.8, 4) is 0 Å². The van der Waals surface area contributed by atoms with Gasteiger partial charge >= 0.3 is 0 Å². The number of guanidine groups is 1. The molecule has 1 aromatic heterocycles. The van der Waals surface area contributed by atoms with Gasteiger partial charge in [-0.3, -0.25) is 4.99 Å². The zero-order chi connectivity index (χ0) is 18.1. The van der Waals surface area contributed by atoms with Crippen LogP contribution in [0.15, 0.2) is 29.4 Å². The highest BCUT2D eigenvalue weighted by Gasteiger charge is 2.03. The molecule has 4 nitrogen and oxygen atoms in total. The second-order valence-corrected chi connectivity index (χ2v) is 6.74. The van der Waals surface area contributed by atoms with Gasteiger partial charge in [0.1, 0.15) is 11.6 Å². The number of aliphatic imine (C=N–C) groups is 1. The number of aromatic nitrogens is 1. The van der Waals surface area contributed by atoms with Crippen molar-refractivity contribution >= 4 is 41.3 Å². The first-order chi connectivity index (χ1) is 12.1. The minimum absolute atomic E-state index is 0. The van der Waals surface area contributed by atoms with Crippen molar-refractivity contribution in [2.75, 3.05) is 19.6 Å². The molecule has 26 heavy (non-hydrogen) atoms. The molecule has 2 N–H and O–H groups in total. The smallest absolute Gasteiger partial charge is 0.191 e. The zero-order valence-electron chi connectivity index (χ0n) is 15.0. The lowest BCUT2D eigenvalue weighted by atomic mass is 10.1. The summed E-state index contributed by atoms with van der Waals surface area (Å²) in [6.45, 7) is 6.05. The summed E-state index contributed by atoms with van der Waals surface area (Å²) in [7, 11) is 0. The quantitative estimate of drug-likeness (QED) is 0.332. The summed E-state index contributed by atoms with van der Waals surface area (Å²) in [6, 6.07) is 3.58. The number of rotatable bonds is 8. The Morgan fingerprint density at radius 1 is 1.12 bits per heavy atom. The van der Waals surface area contributed by atoms with Crippen LogP contribution in [0.2, 0.25) is 0 Å². The molecular weight excluding hydrogens is 469 g/mol. The molecule has 0 saturated heterocycles. The predicted octanol–water partition coefficient (Wildman–Crippen LogP) is 3.94. The first kappa shape index (κ1) is 22.8. The third-order valence-electron chi connectivity index (χ3n) is 3.52. The molecule has 0 radical (unpaired) electrons. The number of aryl methyl sites for hydroxylation is 1. The monoisotopic (exact) mass is 494 g/mol. The average Bonchev–Trinajstić information content (AvgIpc) is 3.02. The van der Waals surface area contributed by atoms with Crippen LogP contribution < -0.4 is 10.6 Å². The largest absolute Gasteiger partial charge is 0.357 e. The van der Waals surface area contributed by atoms with Gasteiger partial charge < -0.3 is 10.6 Å². The normalized spacial score (nSPS) is 11.2. The van der Waals surface area contributed by atoms with Crippen molar-refractivity contribution in [1.29, 1.82) is 0 Å². The summed E-state index contributed by atoms with van der Waals surface area (Å²) in [5.74, 6) is -0.400. The van der Waals surface area contributed by atoms with Crippen LogP contribution in [0.4, 0.5) is 8.78 Å². The van der Waals surface area contributed by atoms with Gasteiger partial charge in [-0.15, -0.1) is 35.3 Å². The Balaban J connectivity index is 0.00000338. The highest BCUT2D eigenvalue weighted by atomic mass is 127. The van der Waals surface area contributed by atoms with Crippen LogP contribution in [0.1, 0.15) is 29.3 Å². The number of nitrogens with one attached hydrogen (secondary N) is 2. The van der Waals surface area contributed by atoms with Crippen molar-refractivity contribution in [2.45, 2.75) is 33.1 Å². The van der Waals surface area contributed by atoms with Gasteiger partial charge in [0.2, 0.25) is 0 Å². The van der Waals surface area contributed by atoms with Gasteiger partial charge in [-0.25, -0.2) is 13.8 Å². The van der Waals surface area contributed by atoms with Crippen LogP contribution in [-0.2, 0) is 19.3 Å². The van der Waals surface area contributed by atoms with E-state index in [4.69, 9.17) is 0 Å². The second-order valence-electron chi connectivity index (χ2n) is 5.54. The zero-order valence-corrected chi connectivity index (χ0v) is 18.2. The van der Waals surface area contributed by atoms with E-state index < -0.39 is 11.6 Å². The fourth-order valence-electron chi connectivity index (χ4n) is 2.31. The van der Waals surface area contributed by atoms with Crippen LogP contribution >= 0.6 is 35.3 Å². The summed E-state index contributed by atoms with van der Waals surface area (Å²) in [6.07, 6.45) is 4.25. The summed E-state index contributed by atoms with van der Waals surface area (Å²) in [4.78, 5) is 10.2. The maximum atomic E-state index is 13.2. The first-order valence-electron chi connectivity index (χ1n) is 8.51. The molecule has 0 fully saturated rings. The summed E-state index contributed by atoms with van der Waals surface area (Å²) in [5, 5.41) is 7.45. The van der Waals surface area contributed by atoms with Gasteiger partial charge in [-0.2, -0.15) is 0 Å². The summed E-state index contributed by atoms with van der Waals surface area (Å²) < 4.78 is 26.4. The molecule has 0 aliphatic rings. The Bertz CT molecular complexity index is 686. The molecule has 0 amide bonds. The Hall–Kier alpha value is -1.29. The first-order valence-corrected chi connectivity index (χ1v) is 9.33. The molecule has 0 saturated carbocycles. The van der Waals surface area contributed by atoms with E-state index in [1.807, 2.05) is 13.1 Å².